The molecular formula is C14H25N3O2. The van der Waals surface area contributed by atoms with Crippen molar-refractivity contribution in [3.63, 3.8) is 0 Å². The lowest BCUT2D eigenvalue weighted by molar-refractivity contribution is 0.234. The smallest absolute Gasteiger partial charge is 0.239 e. The maximum atomic E-state index is 8.97. The van der Waals surface area contributed by atoms with E-state index in [1.807, 2.05) is 26.0 Å². The number of anilines is 2. The lowest BCUT2D eigenvalue weighted by atomic mass is 10.2. The van der Waals surface area contributed by atoms with Gasteiger partial charge in [-0.05, 0) is 46.2 Å². The van der Waals surface area contributed by atoms with Gasteiger partial charge in [-0.1, -0.05) is 0 Å². The van der Waals surface area contributed by atoms with Gasteiger partial charge in [-0.15, -0.1) is 0 Å². The standard InChI is InChI=1S/C14H25N3O2/c1-10(2)17(8-5-9-18)13-7-6-12(15)14(16-13)19-11(3)4/h6-7,10-11,18H,5,8-9,15H2,1-4H3. The highest BCUT2D eigenvalue weighted by Gasteiger charge is 2.14. The molecule has 0 fully saturated rings. The van der Waals surface area contributed by atoms with E-state index >= 15 is 0 Å². The van der Waals surface area contributed by atoms with Crippen molar-refractivity contribution >= 4 is 11.5 Å². The normalized spacial score (nSPS) is 11.1. The minimum absolute atomic E-state index is 0.0370. The first-order valence-corrected chi connectivity index (χ1v) is 6.76. The van der Waals surface area contributed by atoms with Crippen molar-refractivity contribution in [2.75, 3.05) is 23.8 Å². The van der Waals surface area contributed by atoms with Crippen LogP contribution in [0.4, 0.5) is 11.5 Å². The molecule has 0 aliphatic carbocycles. The summed E-state index contributed by atoms with van der Waals surface area (Å²) in [5.41, 5.74) is 6.41. The second-order valence-electron chi connectivity index (χ2n) is 5.09. The number of aliphatic hydroxyl groups is 1. The molecule has 0 unspecified atom stereocenters. The summed E-state index contributed by atoms with van der Waals surface area (Å²) in [5, 5.41) is 8.97. The third-order valence-corrected chi connectivity index (χ3v) is 2.70. The van der Waals surface area contributed by atoms with Crippen LogP contribution in [0, 0.1) is 0 Å². The third kappa shape index (κ3) is 4.59. The highest BCUT2D eigenvalue weighted by molar-refractivity contribution is 5.54. The van der Waals surface area contributed by atoms with E-state index in [2.05, 4.69) is 23.7 Å². The van der Waals surface area contributed by atoms with E-state index in [0.717, 1.165) is 12.4 Å². The van der Waals surface area contributed by atoms with Gasteiger partial charge in [0.1, 0.15) is 5.82 Å². The number of aliphatic hydroxyl groups excluding tert-OH is 1. The Bertz CT molecular complexity index is 394. The van der Waals surface area contributed by atoms with Gasteiger partial charge in [-0.2, -0.15) is 4.98 Å². The van der Waals surface area contributed by atoms with E-state index in [9.17, 15) is 0 Å². The van der Waals surface area contributed by atoms with Crippen molar-refractivity contribution in [1.82, 2.24) is 4.98 Å². The lowest BCUT2D eigenvalue weighted by Crippen LogP contribution is -2.33. The minimum Gasteiger partial charge on any atom is -0.473 e. The molecule has 0 aromatic carbocycles. The van der Waals surface area contributed by atoms with Crippen molar-refractivity contribution < 1.29 is 9.84 Å². The zero-order valence-electron chi connectivity index (χ0n) is 12.3. The number of nitrogens with two attached hydrogens (primary N) is 1. The van der Waals surface area contributed by atoms with Crippen LogP contribution in [-0.2, 0) is 0 Å². The molecule has 0 atom stereocenters. The van der Waals surface area contributed by atoms with E-state index in [1.165, 1.54) is 0 Å². The molecule has 1 aromatic heterocycles. The Balaban J connectivity index is 2.96. The molecule has 0 amide bonds. The molecule has 1 rings (SSSR count). The van der Waals surface area contributed by atoms with Crippen molar-refractivity contribution in [3.8, 4) is 5.88 Å². The quantitative estimate of drug-likeness (QED) is 0.791. The number of pyridine rings is 1. The second kappa shape index (κ2) is 7.19. The van der Waals surface area contributed by atoms with Crippen LogP contribution >= 0.6 is 0 Å². The first-order valence-electron chi connectivity index (χ1n) is 6.76. The second-order valence-corrected chi connectivity index (χ2v) is 5.09. The molecule has 3 N–H and O–H groups in total. The summed E-state index contributed by atoms with van der Waals surface area (Å²) in [4.78, 5) is 6.61. The molecule has 0 saturated heterocycles. The van der Waals surface area contributed by atoms with E-state index < -0.39 is 0 Å². The topological polar surface area (TPSA) is 71.6 Å². The van der Waals surface area contributed by atoms with Crippen molar-refractivity contribution in [2.45, 2.75) is 46.3 Å². The maximum absolute atomic E-state index is 8.97. The summed E-state index contributed by atoms with van der Waals surface area (Å²) >= 11 is 0. The number of hydrogen-bond donors (Lipinski definition) is 2. The number of ether oxygens (including phenoxy) is 1. The van der Waals surface area contributed by atoms with Gasteiger partial charge in [0.15, 0.2) is 0 Å². The summed E-state index contributed by atoms with van der Waals surface area (Å²) in [7, 11) is 0. The predicted octanol–water partition coefficient (Wildman–Crippen LogP) is 2.05. The van der Waals surface area contributed by atoms with E-state index in [1.54, 1.807) is 0 Å². The highest BCUT2D eigenvalue weighted by atomic mass is 16.5. The summed E-state index contributed by atoms with van der Waals surface area (Å²) in [6.07, 6.45) is 0.750. The van der Waals surface area contributed by atoms with Crippen molar-refractivity contribution in [1.29, 1.82) is 0 Å². The Morgan fingerprint density at radius 1 is 1.32 bits per heavy atom. The summed E-state index contributed by atoms with van der Waals surface area (Å²) < 4.78 is 5.61. The molecule has 0 saturated carbocycles. The Labute approximate surface area is 115 Å². The Hall–Kier alpha value is -1.49. The first-order chi connectivity index (χ1) is 8.95. The fraction of sp³-hybridized carbons (Fsp3) is 0.643. The zero-order valence-corrected chi connectivity index (χ0v) is 12.3. The van der Waals surface area contributed by atoms with Gasteiger partial charge in [-0.3, -0.25) is 0 Å². The molecule has 19 heavy (non-hydrogen) atoms. The summed E-state index contributed by atoms with van der Waals surface area (Å²) in [6.45, 7) is 9.01. The van der Waals surface area contributed by atoms with Gasteiger partial charge < -0.3 is 20.5 Å². The molecule has 1 aromatic rings. The average Bonchev–Trinajstić information content (AvgIpc) is 2.32. The predicted molar refractivity (Wildman–Crippen MR) is 78.6 cm³/mol. The number of nitrogen functional groups attached to an aromatic ring is 1. The van der Waals surface area contributed by atoms with Crippen LogP contribution < -0.4 is 15.4 Å². The number of rotatable bonds is 7. The van der Waals surface area contributed by atoms with Gasteiger partial charge in [0, 0.05) is 19.2 Å². The number of nitrogens with zero attached hydrogens (tertiary/aromatic N) is 2. The fourth-order valence-electron chi connectivity index (χ4n) is 1.80. The van der Waals surface area contributed by atoms with Gasteiger partial charge in [0.05, 0.1) is 11.8 Å². The first kappa shape index (κ1) is 15.6. The molecule has 0 aliphatic heterocycles. The molecular weight excluding hydrogens is 242 g/mol. The molecule has 5 nitrogen and oxygen atoms in total. The van der Waals surface area contributed by atoms with Crippen LogP contribution in [0.2, 0.25) is 0 Å². The Kier molecular flexibility index (Phi) is 5.89. The maximum Gasteiger partial charge on any atom is 0.239 e. The monoisotopic (exact) mass is 267 g/mol. The largest absolute Gasteiger partial charge is 0.473 e. The Morgan fingerprint density at radius 2 is 2.00 bits per heavy atom. The van der Waals surface area contributed by atoms with E-state index in [0.29, 0.717) is 24.0 Å². The van der Waals surface area contributed by atoms with Crippen LogP contribution in [0.5, 0.6) is 5.88 Å². The van der Waals surface area contributed by atoms with Crippen LogP contribution in [0.1, 0.15) is 34.1 Å². The van der Waals surface area contributed by atoms with Crippen LogP contribution in [-0.4, -0.2) is 35.4 Å². The summed E-state index contributed by atoms with van der Waals surface area (Å²) in [5.74, 6) is 1.30. The highest BCUT2D eigenvalue weighted by Crippen LogP contribution is 2.25. The zero-order chi connectivity index (χ0) is 14.4. The van der Waals surface area contributed by atoms with Crippen LogP contribution in [0.15, 0.2) is 12.1 Å². The van der Waals surface area contributed by atoms with Crippen LogP contribution in [0.25, 0.3) is 0 Å². The number of aromatic nitrogens is 1. The van der Waals surface area contributed by atoms with Gasteiger partial charge in [-0.25, -0.2) is 0 Å². The lowest BCUT2D eigenvalue weighted by Gasteiger charge is -2.28. The molecule has 0 bridgehead atoms. The van der Waals surface area contributed by atoms with Gasteiger partial charge in [0.25, 0.3) is 0 Å². The van der Waals surface area contributed by atoms with Gasteiger partial charge >= 0.3 is 0 Å². The molecule has 0 aliphatic rings. The Morgan fingerprint density at radius 3 is 2.53 bits per heavy atom. The molecule has 1 heterocycles. The number of hydrogen-bond acceptors (Lipinski definition) is 5. The van der Waals surface area contributed by atoms with Gasteiger partial charge in [0.2, 0.25) is 5.88 Å². The van der Waals surface area contributed by atoms with Crippen molar-refractivity contribution in [2.24, 2.45) is 0 Å². The van der Waals surface area contributed by atoms with E-state index in [4.69, 9.17) is 15.6 Å². The fourth-order valence-corrected chi connectivity index (χ4v) is 1.80. The third-order valence-electron chi connectivity index (χ3n) is 2.70. The molecule has 108 valence electrons. The molecule has 5 heteroatoms. The molecule has 0 radical (unpaired) electrons. The molecule has 0 spiro atoms. The minimum atomic E-state index is 0.0370. The average molecular weight is 267 g/mol. The van der Waals surface area contributed by atoms with E-state index in [-0.39, 0.29) is 12.7 Å². The van der Waals surface area contributed by atoms with Crippen molar-refractivity contribution in [3.05, 3.63) is 12.1 Å². The van der Waals surface area contributed by atoms with Crippen LogP contribution in [0.3, 0.4) is 0 Å². The SMILES string of the molecule is CC(C)Oc1nc(N(CCCO)C(C)C)ccc1N. The summed E-state index contributed by atoms with van der Waals surface area (Å²) in [6, 6.07) is 4.00.